The van der Waals surface area contributed by atoms with Gasteiger partial charge in [0.1, 0.15) is 48.8 Å². The van der Waals surface area contributed by atoms with E-state index in [4.69, 9.17) is 9.47 Å². The molecule has 47 heavy (non-hydrogen) atoms. The number of anilines is 1. The predicted octanol–water partition coefficient (Wildman–Crippen LogP) is -5.73. The molecule has 11 N–H and O–H groups in total. The Balaban J connectivity index is 1.27. The molecule has 3 aliphatic rings. The Labute approximate surface area is 266 Å². The van der Waals surface area contributed by atoms with Crippen molar-refractivity contribution in [3.05, 3.63) is 29.3 Å². The van der Waals surface area contributed by atoms with E-state index >= 15 is 0 Å². The third kappa shape index (κ3) is 7.75. The van der Waals surface area contributed by atoms with Crippen LogP contribution in [0.3, 0.4) is 0 Å². The standard InChI is InChI=1S/C28H38N4O15/c33-9-15(35)23(47-28-22(41)19(38)18(37)16(10-34)46-28)20(39)21(40)25(43)30-7-1-6-29-11-2-3-12-13(8-11)27(45)32(26(12)44)14-4-5-17(36)31-24(14)42/h2-3,8,14-16,18-23,28-29,33-35,37-41H,1,4-7,9-10H2,(H,30,43)(H,31,36,42)/t14?,15?,16-,18+,19+,20?,21?,22-,23?,28+/m1/s1. The Morgan fingerprint density at radius 1 is 1.00 bits per heavy atom. The maximum Gasteiger partial charge on any atom is 0.262 e. The summed E-state index contributed by atoms with van der Waals surface area (Å²) in [5, 5.41) is 87.4. The zero-order valence-electron chi connectivity index (χ0n) is 24.8. The Morgan fingerprint density at radius 2 is 1.70 bits per heavy atom. The van der Waals surface area contributed by atoms with Crippen LogP contribution in [0.4, 0.5) is 5.69 Å². The molecule has 0 radical (unpaired) electrons. The monoisotopic (exact) mass is 670 g/mol. The van der Waals surface area contributed by atoms with E-state index in [0.29, 0.717) is 5.69 Å². The van der Waals surface area contributed by atoms with Gasteiger partial charge >= 0.3 is 0 Å². The number of amides is 5. The van der Waals surface area contributed by atoms with E-state index in [1.165, 1.54) is 12.1 Å². The number of fused-ring (bicyclic) bond motifs is 1. The molecule has 19 heteroatoms. The van der Waals surface area contributed by atoms with Crippen LogP contribution in [0, 0.1) is 0 Å². The molecule has 2 fully saturated rings. The normalized spacial score (nSPS) is 28.7. The number of hydrogen-bond acceptors (Lipinski definition) is 16. The number of benzene rings is 1. The maximum absolute atomic E-state index is 13.0. The number of imide groups is 2. The van der Waals surface area contributed by atoms with Gasteiger partial charge in [0.25, 0.3) is 17.7 Å². The molecule has 1 aromatic carbocycles. The molecule has 0 spiro atoms. The van der Waals surface area contributed by atoms with E-state index in [1.807, 2.05) is 0 Å². The summed E-state index contributed by atoms with van der Waals surface area (Å²) < 4.78 is 10.4. The van der Waals surface area contributed by atoms with Crippen molar-refractivity contribution in [3.63, 3.8) is 0 Å². The highest BCUT2D eigenvalue weighted by atomic mass is 16.7. The summed E-state index contributed by atoms with van der Waals surface area (Å²) in [5.41, 5.74) is 0.619. The van der Waals surface area contributed by atoms with Gasteiger partial charge in [-0.1, -0.05) is 0 Å². The highest BCUT2D eigenvalue weighted by Gasteiger charge is 2.48. The molecule has 4 rings (SSSR count). The summed E-state index contributed by atoms with van der Waals surface area (Å²) in [7, 11) is 0. The van der Waals surface area contributed by atoms with E-state index in [2.05, 4.69) is 16.0 Å². The number of carbonyl (C=O) groups excluding carboxylic acids is 5. The molecule has 19 nitrogen and oxygen atoms in total. The quantitative estimate of drug-likeness (QED) is 0.0649. The fourth-order valence-corrected chi connectivity index (χ4v) is 5.39. The van der Waals surface area contributed by atoms with Crippen molar-refractivity contribution in [1.82, 2.24) is 15.5 Å². The van der Waals surface area contributed by atoms with Crippen LogP contribution in [0.15, 0.2) is 18.2 Å². The van der Waals surface area contributed by atoms with E-state index in [-0.39, 0.29) is 43.5 Å². The molecule has 2 saturated heterocycles. The van der Waals surface area contributed by atoms with Crippen LogP contribution in [0.2, 0.25) is 0 Å². The summed E-state index contributed by atoms with van der Waals surface area (Å²) in [6.07, 6.45) is -16.7. The first kappa shape index (κ1) is 36.2. The number of aliphatic hydroxyl groups excluding tert-OH is 8. The summed E-state index contributed by atoms with van der Waals surface area (Å²) >= 11 is 0. The lowest BCUT2D eigenvalue weighted by Gasteiger charge is -2.42. The fraction of sp³-hybridized carbons (Fsp3) is 0.607. The smallest absolute Gasteiger partial charge is 0.262 e. The lowest BCUT2D eigenvalue weighted by Crippen LogP contribution is -2.62. The van der Waals surface area contributed by atoms with Crippen molar-refractivity contribution in [1.29, 1.82) is 0 Å². The van der Waals surface area contributed by atoms with Crippen molar-refractivity contribution < 1.29 is 74.3 Å². The minimum absolute atomic E-state index is 0.00966. The largest absolute Gasteiger partial charge is 0.394 e. The molecule has 260 valence electrons. The number of ether oxygens (including phenoxy) is 2. The average Bonchev–Trinajstić information content (AvgIpc) is 3.30. The zero-order valence-corrected chi connectivity index (χ0v) is 24.8. The molecular formula is C28H38N4O15. The Hall–Kier alpha value is -3.63. The second-order valence-corrected chi connectivity index (χ2v) is 11.3. The number of aliphatic hydroxyl groups is 8. The molecule has 5 amide bonds. The van der Waals surface area contributed by atoms with E-state index in [1.54, 1.807) is 6.07 Å². The lowest BCUT2D eigenvalue weighted by atomic mass is 9.98. The summed E-state index contributed by atoms with van der Waals surface area (Å²) in [4.78, 5) is 62.9. The van der Waals surface area contributed by atoms with Gasteiger partial charge in [0.15, 0.2) is 12.4 Å². The highest BCUT2D eigenvalue weighted by molar-refractivity contribution is 6.23. The van der Waals surface area contributed by atoms with E-state index in [0.717, 1.165) is 4.90 Å². The first-order valence-electron chi connectivity index (χ1n) is 14.8. The van der Waals surface area contributed by atoms with Crippen LogP contribution in [-0.2, 0) is 23.9 Å². The summed E-state index contributed by atoms with van der Waals surface area (Å²) in [6, 6.07) is 3.30. The van der Waals surface area contributed by atoms with Gasteiger partial charge in [-0.2, -0.15) is 0 Å². The van der Waals surface area contributed by atoms with E-state index < -0.39 is 104 Å². The molecule has 5 unspecified atom stereocenters. The number of piperidine rings is 1. The van der Waals surface area contributed by atoms with Gasteiger partial charge in [0.05, 0.1) is 24.3 Å². The van der Waals surface area contributed by atoms with Crippen LogP contribution in [-0.4, -0.2) is 163 Å². The summed E-state index contributed by atoms with van der Waals surface area (Å²) in [6.45, 7) is -1.63. The van der Waals surface area contributed by atoms with Crippen molar-refractivity contribution in [3.8, 4) is 0 Å². The van der Waals surface area contributed by atoms with Gasteiger partial charge < -0.3 is 61.0 Å². The van der Waals surface area contributed by atoms with Crippen molar-refractivity contribution in [2.45, 2.75) is 80.4 Å². The van der Waals surface area contributed by atoms with Gasteiger partial charge in [0.2, 0.25) is 11.8 Å². The number of hydrogen-bond donors (Lipinski definition) is 11. The predicted molar refractivity (Wildman–Crippen MR) is 153 cm³/mol. The Morgan fingerprint density at radius 3 is 2.36 bits per heavy atom. The maximum atomic E-state index is 13.0. The van der Waals surface area contributed by atoms with Crippen molar-refractivity contribution in [2.75, 3.05) is 31.6 Å². The average molecular weight is 671 g/mol. The molecule has 3 heterocycles. The third-order valence-electron chi connectivity index (χ3n) is 8.06. The second kappa shape index (κ2) is 15.5. The van der Waals surface area contributed by atoms with Gasteiger partial charge in [-0.3, -0.25) is 34.2 Å². The van der Waals surface area contributed by atoms with Crippen LogP contribution in [0.25, 0.3) is 0 Å². The summed E-state index contributed by atoms with van der Waals surface area (Å²) in [5.74, 6) is -3.64. The number of nitrogens with one attached hydrogen (secondary N) is 3. The number of carbonyl (C=O) groups is 5. The van der Waals surface area contributed by atoms with E-state index in [9.17, 15) is 64.8 Å². The first-order chi connectivity index (χ1) is 22.3. The lowest BCUT2D eigenvalue weighted by molar-refractivity contribution is -0.326. The highest BCUT2D eigenvalue weighted by Crippen LogP contribution is 2.30. The zero-order chi connectivity index (χ0) is 34.6. The van der Waals surface area contributed by atoms with Crippen LogP contribution in [0.1, 0.15) is 40.0 Å². The van der Waals surface area contributed by atoms with Crippen molar-refractivity contribution in [2.24, 2.45) is 0 Å². The molecule has 0 bridgehead atoms. The van der Waals surface area contributed by atoms with Crippen LogP contribution < -0.4 is 16.0 Å². The SMILES string of the molecule is O=C1CCC(N2C(=O)c3ccc(NCCCNC(=O)C(O)C(O)C(O[C@@H]4O[C@H](CO)[C@H](O)[C@H](O)[C@H]4O)C(O)CO)cc3C2=O)C(=O)N1. The minimum Gasteiger partial charge on any atom is -0.394 e. The third-order valence-corrected chi connectivity index (χ3v) is 8.06. The van der Waals surface area contributed by atoms with Gasteiger partial charge in [-0.15, -0.1) is 0 Å². The fourth-order valence-electron chi connectivity index (χ4n) is 5.39. The van der Waals surface area contributed by atoms with Crippen LogP contribution >= 0.6 is 0 Å². The molecule has 1 aromatic rings. The molecule has 10 atom stereocenters. The molecular weight excluding hydrogens is 632 g/mol. The molecule has 0 aromatic heterocycles. The molecule has 3 aliphatic heterocycles. The van der Waals surface area contributed by atoms with Gasteiger partial charge in [-0.05, 0) is 31.0 Å². The minimum atomic E-state index is -2.22. The number of nitrogens with zero attached hydrogens (tertiary/aromatic N) is 1. The molecule has 0 aliphatic carbocycles. The number of rotatable bonds is 14. The van der Waals surface area contributed by atoms with Crippen LogP contribution in [0.5, 0.6) is 0 Å². The first-order valence-corrected chi connectivity index (χ1v) is 14.8. The van der Waals surface area contributed by atoms with Gasteiger partial charge in [0, 0.05) is 25.2 Å². The topological polar surface area (TPSA) is 305 Å². The molecule has 0 saturated carbocycles. The Bertz CT molecular complexity index is 1340. The van der Waals surface area contributed by atoms with Crippen molar-refractivity contribution >= 4 is 35.2 Å². The Kier molecular flexibility index (Phi) is 12.0. The second-order valence-electron chi connectivity index (χ2n) is 11.3. The van der Waals surface area contributed by atoms with Gasteiger partial charge in [-0.25, -0.2) is 0 Å².